The SMILES string of the molecule is COC(c1noc(C(C)C2CNC2)n1)C(C)(C)C. The van der Waals surface area contributed by atoms with Gasteiger partial charge in [-0.05, 0) is 24.4 Å². The van der Waals surface area contributed by atoms with E-state index in [2.05, 4.69) is 43.2 Å². The van der Waals surface area contributed by atoms with E-state index in [1.165, 1.54) is 0 Å². The van der Waals surface area contributed by atoms with Gasteiger partial charge in [-0.1, -0.05) is 32.9 Å². The quantitative estimate of drug-likeness (QED) is 0.890. The Morgan fingerprint density at radius 2 is 2.06 bits per heavy atom. The van der Waals surface area contributed by atoms with Gasteiger partial charge in [0, 0.05) is 13.0 Å². The van der Waals surface area contributed by atoms with Crippen LogP contribution in [-0.4, -0.2) is 30.3 Å². The molecule has 0 amide bonds. The van der Waals surface area contributed by atoms with E-state index in [1.807, 2.05) is 0 Å². The molecule has 2 unspecified atom stereocenters. The van der Waals surface area contributed by atoms with Gasteiger partial charge in [0.1, 0.15) is 6.10 Å². The summed E-state index contributed by atoms with van der Waals surface area (Å²) in [7, 11) is 1.69. The molecule has 2 heterocycles. The zero-order valence-electron chi connectivity index (χ0n) is 11.9. The van der Waals surface area contributed by atoms with Crippen molar-refractivity contribution in [3.8, 4) is 0 Å². The summed E-state index contributed by atoms with van der Waals surface area (Å²) in [5, 5.41) is 7.35. The molecule has 1 fully saturated rings. The van der Waals surface area contributed by atoms with Crippen molar-refractivity contribution in [3.63, 3.8) is 0 Å². The molecule has 1 aliphatic heterocycles. The van der Waals surface area contributed by atoms with Crippen LogP contribution >= 0.6 is 0 Å². The number of aromatic nitrogens is 2. The normalized spacial score (nSPS) is 20.5. The fourth-order valence-electron chi connectivity index (χ4n) is 2.25. The van der Waals surface area contributed by atoms with Gasteiger partial charge in [-0.2, -0.15) is 4.98 Å². The molecule has 18 heavy (non-hydrogen) atoms. The predicted molar refractivity (Wildman–Crippen MR) is 68.3 cm³/mol. The van der Waals surface area contributed by atoms with Crippen LogP contribution in [-0.2, 0) is 4.74 Å². The van der Waals surface area contributed by atoms with Crippen molar-refractivity contribution in [2.45, 2.75) is 39.7 Å². The summed E-state index contributed by atoms with van der Waals surface area (Å²) in [5.74, 6) is 2.29. The van der Waals surface area contributed by atoms with Crippen LogP contribution in [0.15, 0.2) is 4.52 Å². The molecule has 1 aromatic rings. The van der Waals surface area contributed by atoms with Gasteiger partial charge < -0.3 is 14.6 Å². The molecule has 0 aromatic carbocycles. The zero-order chi connectivity index (χ0) is 13.3. The Kier molecular flexibility index (Phi) is 3.73. The van der Waals surface area contributed by atoms with Crippen molar-refractivity contribution < 1.29 is 9.26 Å². The number of nitrogens with one attached hydrogen (secondary N) is 1. The second kappa shape index (κ2) is 4.97. The molecule has 5 nitrogen and oxygen atoms in total. The average molecular weight is 253 g/mol. The summed E-state index contributed by atoms with van der Waals surface area (Å²) in [6.45, 7) is 10.5. The Morgan fingerprint density at radius 3 is 2.50 bits per heavy atom. The van der Waals surface area contributed by atoms with Gasteiger partial charge in [-0.15, -0.1) is 0 Å². The third-order valence-electron chi connectivity index (χ3n) is 3.62. The highest BCUT2D eigenvalue weighted by molar-refractivity contribution is 5.02. The van der Waals surface area contributed by atoms with Crippen LogP contribution < -0.4 is 5.32 Å². The third kappa shape index (κ3) is 2.57. The van der Waals surface area contributed by atoms with Gasteiger partial charge in [0.25, 0.3) is 0 Å². The van der Waals surface area contributed by atoms with Crippen molar-refractivity contribution >= 4 is 0 Å². The fraction of sp³-hybridized carbons (Fsp3) is 0.846. The highest BCUT2D eigenvalue weighted by Crippen LogP contribution is 2.35. The van der Waals surface area contributed by atoms with Crippen LogP contribution in [0.2, 0.25) is 0 Å². The molecule has 1 aliphatic rings. The number of rotatable bonds is 4. The third-order valence-corrected chi connectivity index (χ3v) is 3.62. The Morgan fingerprint density at radius 1 is 1.39 bits per heavy atom. The molecule has 1 aromatic heterocycles. The lowest BCUT2D eigenvalue weighted by Crippen LogP contribution is -2.44. The first-order valence-corrected chi connectivity index (χ1v) is 6.50. The lowest BCUT2D eigenvalue weighted by atomic mass is 9.88. The minimum Gasteiger partial charge on any atom is -0.373 e. The van der Waals surface area contributed by atoms with E-state index < -0.39 is 0 Å². The van der Waals surface area contributed by atoms with Gasteiger partial charge in [0.15, 0.2) is 0 Å². The summed E-state index contributed by atoms with van der Waals surface area (Å²) in [6, 6.07) is 0. The van der Waals surface area contributed by atoms with E-state index in [0.717, 1.165) is 19.0 Å². The highest BCUT2D eigenvalue weighted by Gasteiger charge is 2.33. The molecule has 0 radical (unpaired) electrons. The molecular formula is C13H23N3O2. The lowest BCUT2D eigenvalue weighted by Gasteiger charge is -2.30. The maximum absolute atomic E-state index is 5.50. The summed E-state index contributed by atoms with van der Waals surface area (Å²) in [4.78, 5) is 4.52. The van der Waals surface area contributed by atoms with E-state index in [1.54, 1.807) is 7.11 Å². The van der Waals surface area contributed by atoms with Gasteiger partial charge in [-0.3, -0.25) is 0 Å². The van der Waals surface area contributed by atoms with Crippen molar-refractivity contribution in [3.05, 3.63) is 11.7 Å². The van der Waals surface area contributed by atoms with E-state index in [-0.39, 0.29) is 11.5 Å². The molecular weight excluding hydrogens is 230 g/mol. The zero-order valence-corrected chi connectivity index (χ0v) is 11.9. The topological polar surface area (TPSA) is 60.2 Å². The molecule has 0 bridgehead atoms. The van der Waals surface area contributed by atoms with Crippen molar-refractivity contribution in [1.29, 1.82) is 0 Å². The van der Waals surface area contributed by atoms with Crippen molar-refractivity contribution in [1.82, 2.24) is 15.5 Å². The minimum absolute atomic E-state index is 0.0445. The number of ether oxygens (including phenoxy) is 1. The second-order valence-corrected chi connectivity index (χ2v) is 6.18. The number of hydrogen-bond acceptors (Lipinski definition) is 5. The van der Waals surface area contributed by atoms with E-state index >= 15 is 0 Å². The van der Waals surface area contributed by atoms with Gasteiger partial charge in [-0.25, -0.2) is 0 Å². The molecule has 2 rings (SSSR count). The van der Waals surface area contributed by atoms with Crippen LogP contribution in [0, 0.1) is 11.3 Å². The molecule has 2 atom stereocenters. The second-order valence-electron chi connectivity index (χ2n) is 6.18. The average Bonchev–Trinajstić information content (AvgIpc) is 2.62. The number of nitrogens with zero attached hydrogens (tertiary/aromatic N) is 2. The Bertz CT molecular complexity index is 393. The van der Waals surface area contributed by atoms with Crippen LogP contribution in [0.4, 0.5) is 0 Å². The molecule has 0 spiro atoms. The first-order valence-electron chi connectivity index (χ1n) is 6.50. The monoisotopic (exact) mass is 253 g/mol. The molecule has 102 valence electrons. The number of methoxy groups -OCH3 is 1. The Labute approximate surface area is 108 Å². The van der Waals surface area contributed by atoms with Crippen molar-refractivity contribution in [2.24, 2.45) is 11.3 Å². The number of hydrogen-bond donors (Lipinski definition) is 1. The largest absolute Gasteiger partial charge is 0.373 e. The molecule has 1 saturated heterocycles. The van der Waals surface area contributed by atoms with Crippen LogP contribution in [0.5, 0.6) is 0 Å². The molecule has 0 aliphatic carbocycles. The van der Waals surface area contributed by atoms with Gasteiger partial charge in [0.2, 0.25) is 11.7 Å². The van der Waals surface area contributed by atoms with Crippen LogP contribution in [0.1, 0.15) is 51.4 Å². The summed E-state index contributed by atoms with van der Waals surface area (Å²) >= 11 is 0. The summed E-state index contributed by atoms with van der Waals surface area (Å²) in [6.07, 6.45) is -0.137. The highest BCUT2D eigenvalue weighted by atomic mass is 16.5. The maximum atomic E-state index is 5.50. The first-order chi connectivity index (χ1) is 8.43. The van der Waals surface area contributed by atoms with Crippen molar-refractivity contribution in [2.75, 3.05) is 20.2 Å². The first kappa shape index (κ1) is 13.5. The van der Waals surface area contributed by atoms with Gasteiger partial charge in [0.05, 0.1) is 0 Å². The van der Waals surface area contributed by atoms with Gasteiger partial charge >= 0.3 is 0 Å². The Balaban J connectivity index is 2.13. The van der Waals surface area contributed by atoms with Crippen LogP contribution in [0.3, 0.4) is 0 Å². The standard InChI is InChI=1S/C13H23N3O2/c1-8(9-6-14-7-9)12-15-11(16-18-12)10(17-5)13(2,3)4/h8-10,14H,6-7H2,1-5H3. The van der Waals surface area contributed by atoms with E-state index in [0.29, 0.717) is 17.7 Å². The smallest absolute Gasteiger partial charge is 0.229 e. The van der Waals surface area contributed by atoms with E-state index in [9.17, 15) is 0 Å². The van der Waals surface area contributed by atoms with Crippen LogP contribution in [0.25, 0.3) is 0 Å². The lowest BCUT2D eigenvalue weighted by molar-refractivity contribution is 0.00718. The molecule has 5 heteroatoms. The maximum Gasteiger partial charge on any atom is 0.229 e. The fourth-order valence-corrected chi connectivity index (χ4v) is 2.25. The summed E-state index contributed by atoms with van der Waals surface area (Å²) in [5.41, 5.74) is -0.0445. The summed E-state index contributed by atoms with van der Waals surface area (Å²) < 4.78 is 10.9. The molecule has 0 saturated carbocycles. The van der Waals surface area contributed by atoms with E-state index in [4.69, 9.17) is 9.26 Å². The minimum atomic E-state index is -0.137. The predicted octanol–water partition coefficient (Wildman–Crippen LogP) is 2.13. The Hall–Kier alpha value is -0.940. The molecule has 1 N–H and O–H groups in total.